The van der Waals surface area contributed by atoms with Gasteiger partial charge in [0.2, 0.25) is 5.91 Å². The van der Waals surface area contributed by atoms with Crippen molar-refractivity contribution in [3.05, 3.63) is 47.0 Å². The molecule has 1 spiro atoms. The molecule has 2 N–H and O–H groups in total. The number of amides is 1. The van der Waals surface area contributed by atoms with E-state index < -0.39 is 5.41 Å². The van der Waals surface area contributed by atoms with Gasteiger partial charge in [-0.05, 0) is 32.8 Å². The predicted octanol–water partition coefficient (Wildman–Crippen LogP) is 2.89. The van der Waals surface area contributed by atoms with E-state index in [1.807, 2.05) is 6.92 Å². The third kappa shape index (κ3) is 2.76. The number of rotatable bonds is 3. The molecule has 1 atom stereocenters. The van der Waals surface area contributed by atoms with Crippen LogP contribution < -0.4 is 10.6 Å². The van der Waals surface area contributed by atoms with Gasteiger partial charge in [-0.2, -0.15) is 0 Å². The van der Waals surface area contributed by atoms with Crippen LogP contribution in [0, 0.1) is 18.2 Å². The molecule has 1 amide bonds. The van der Waals surface area contributed by atoms with Crippen LogP contribution in [0.5, 0.6) is 0 Å². The van der Waals surface area contributed by atoms with E-state index in [4.69, 9.17) is 0 Å². The zero-order chi connectivity index (χ0) is 16.6. The highest BCUT2D eigenvalue weighted by Gasteiger charge is 2.49. The van der Waals surface area contributed by atoms with Gasteiger partial charge < -0.3 is 10.6 Å². The van der Waals surface area contributed by atoms with Crippen LogP contribution in [0.1, 0.15) is 49.8 Å². The van der Waals surface area contributed by atoms with Crippen LogP contribution in [0.2, 0.25) is 0 Å². The molecule has 1 aliphatic carbocycles. The molecule has 1 saturated carbocycles. The van der Waals surface area contributed by atoms with Gasteiger partial charge in [0.05, 0.1) is 6.04 Å². The summed E-state index contributed by atoms with van der Waals surface area (Å²) in [6.45, 7) is 3.69. The molecule has 1 aliphatic heterocycles. The van der Waals surface area contributed by atoms with Gasteiger partial charge in [-0.3, -0.25) is 9.59 Å². The number of ketones is 1. The van der Waals surface area contributed by atoms with E-state index in [1.54, 1.807) is 19.1 Å². The van der Waals surface area contributed by atoms with E-state index in [2.05, 4.69) is 10.6 Å². The van der Waals surface area contributed by atoms with Crippen LogP contribution >= 0.6 is 0 Å². The molecule has 3 rings (SSSR count). The van der Waals surface area contributed by atoms with Gasteiger partial charge in [-0.1, -0.05) is 30.5 Å². The summed E-state index contributed by atoms with van der Waals surface area (Å²) in [6.07, 6.45) is 4.49. The Labute approximate surface area is 135 Å². The maximum absolute atomic E-state index is 14.0. The quantitative estimate of drug-likeness (QED) is 0.843. The zero-order valence-electron chi connectivity index (χ0n) is 13.4. The van der Waals surface area contributed by atoms with Gasteiger partial charge >= 0.3 is 0 Å². The first-order chi connectivity index (χ1) is 10.9. The molecule has 1 heterocycles. The molecule has 122 valence electrons. The molecule has 5 heteroatoms. The van der Waals surface area contributed by atoms with E-state index in [0.29, 0.717) is 24.2 Å². The Morgan fingerprint density at radius 1 is 1.26 bits per heavy atom. The molecule has 0 bridgehead atoms. The summed E-state index contributed by atoms with van der Waals surface area (Å²) in [6, 6.07) is 4.54. The highest BCUT2D eigenvalue weighted by Crippen LogP contribution is 2.41. The second-order valence-electron chi connectivity index (χ2n) is 6.56. The molecule has 0 saturated heterocycles. The second-order valence-corrected chi connectivity index (χ2v) is 6.56. The van der Waals surface area contributed by atoms with E-state index >= 15 is 0 Å². The maximum atomic E-state index is 14.0. The highest BCUT2D eigenvalue weighted by atomic mass is 19.1. The summed E-state index contributed by atoms with van der Waals surface area (Å²) in [5.41, 5.74) is 0.592. The summed E-state index contributed by atoms with van der Waals surface area (Å²) in [7, 11) is 0. The summed E-state index contributed by atoms with van der Waals surface area (Å²) in [5, 5.41) is 5.82. The normalized spacial score (nSPS) is 21.1. The van der Waals surface area contributed by atoms with Crippen molar-refractivity contribution in [3.8, 4) is 0 Å². The van der Waals surface area contributed by atoms with Gasteiger partial charge in [0.1, 0.15) is 17.1 Å². The third-order valence-corrected chi connectivity index (χ3v) is 4.88. The first-order valence-electron chi connectivity index (χ1n) is 8.02. The molecule has 1 aromatic rings. The van der Waals surface area contributed by atoms with Crippen molar-refractivity contribution in [2.45, 2.75) is 45.6 Å². The van der Waals surface area contributed by atoms with Crippen LogP contribution in [0.4, 0.5) is 4.39 Å². The van der Waals surface area contributed by atoms with Crippen molar-refractivity contribution in [2.24, 2.45) is 5.41 Å². The van der Waals surface area contributed by atoms with Crippen LogP contribution in [0.3, 0.4) is 0 Å². The topological polar surface area (TPSA) is 58.2 Å². The number of allylic oxidation sites excluding steroid dienone is 1. The molecule has 0 aromatic heterocycles. The van der Waals surface area contributed by atoms with Crippen molar-refractivity contribution in [2.75, 3.05) is 0 Å². The van der Waals surface area contributed by atoms with Crippen molar-refractivity contribution >= 4 is 11.7 Å². The maximum Gasteiger partial charge on any atom is 0.239 e. The van der Waals surface area contributed by atoms with Crippen LogP contribution in [-0.2, 0) is 9.59 Å². The fourth-order valence-electron chi connectivity index (χ4n) is 3.49. The Morgan fingerprint density at radius 2 is 1.96 bits per heavy atom. The summed E-state index contributed by atoms with van der Waals surface area (Å²) in [4.78, 5) is 24.8. The van der Waals surface area contributed by atoms with E-state index in [0.717, 1.165) is 18.4 Å². The summed E-state index contributed by atoms with van der Waals surface area (Å²) >= 11 is 0. The van der Waals surface area contributed by atoms with E-state index in [-0.39, 0.29) is 23.5 Å². The average Bonchev–Trinajstić information content (AvgIpc) is 2.98. The van der Waals surface area contributed by atoms with Crippen molar-refractivity contribution in [3.63, 3.8) is 0 Å². The van der Waals surface area contributed by atoms with Crippen molar-refractivity contribution in [1.82, 2.24) is 10.6 Å². The largest absolute Gasteiger partial charge is 0.365 e. The number of aryl methyl sites for hydroxylation is 1. The minimum atomic E-state index is -0.872. The number of nitrogens with one attached hydrogen (secondary N) is 2. The van der Waals surface area contributed by atoms with Gasteiger partial charge in [0.25, 0.3) is 0 Å². The summed E-state index contributed by atoms with van der Waals surface area (Å²) in [5.74, 6) is -0.331. The van der Waals surface area contributed by atoms with Crippen molar-refractivity contribution in [1.29, 1.82) is 0 Å². The first kappa shape index (κ1) is 15.7. The highest BCUT2D eigenvalue weighted by molar-refractivity contribution is 6.14. The fourth-order valence-corrected chi connectivity index (χ4v) is 3.49. The average molecular weight is 316 g/mol. The number of hydrogen-bond acceptors (Lipinski definition) is 3. The first-order valence-corrected chi connectivity index (χ1v) is 8.02. The predicted molar refractivity (Wildman–Crippen MR) is 84.8 cm³/mol. The molecule has 2 aliphatic rings. The van der Waals surface area contributed by atoms with Crippen molar-refractivity contribution < 1.29 is 14.0 Å². The smallest absolute Gasteiger partial charge is 0.239 e. The molecule has 4 nitrogen and oxygen atoms in total. The number of carbonyl (C=O) groups is 2. The lowest BCUT2D eigenvalue weighted by Gasteiger charge is -2.31. The molecular weight excluding hydrogens is 295 g/mol. The molecule has 0 radical (unpaired) electrons. The monoisotopic (exact) mass is 316 g/mol. The molecule has 1 fully saturated rings. The number of benzene rings is 1. The number of hydrogen-bond donors (Lipinski definition) is 2. The molecule has 23 heavy (non-hydrogen) atoms. The van der Waals surface area contributed by atoms with Gasteiger partial charge in [-0.15, -0.1) is 0 Å². The second kappa shape index (κ2) is 5.80. The Morgan fingerprint density at radius 3 is 2.61 bits per heavy atom. The minimum Gasteiger partial charge on any atom is -0.365 e. The lowest BCUT2D eigenvalue weighted by atomic mass is 9.79. The lowest BCUT2D eigenvalue weighted by Crippen LogP contribution is -2.50. The van der Waals surface area contributed by atoms with E-state index in [1.165, 1.54) is 12.1 Å². The summed E-state index contributed by atoms with van der Waals surface area (Å²) < 4.78 is 14.0. The van der Waals surface area contributed by atoms with Crippen LogP contribution in [-0.4, -0.2) is 11.7 Å². The van der Waals surface area contributed by atoms with E-state index in [9.17, 15) is 14.0 Å². The lowest BCUT2D eigenvalue weighted by molar-refractivity contribution is -0.140. The fraction of sp³-hybridized carbons (Fsp3) is 0.444. The van der Waals surface area contributed by atoms with Crippen LogP contribution in [0.15, 0.2) is 30.1 Å². The molecule has 1 aromatic carbocycles. The Bertz CT molecular complexity index is 690. The Hall–Kier alpha value is -2.17. The standard InChI is InChI=1S/C18H21FN2O2/c1-11-5-6-14(19)13(9-11)12(2)20-16-10-15(22)18(17(23)21-16)7-3-4-8-18/h5-6,9-10,12,20H,3-4,7-8H2,1-2H3,(H,21,23). The number of carbonyl (C=O) groups excluding carboxylic acids is 2. The molecule has 1 unspecified atom stereocenters. The Kier molecular flexibility index (Phi) is 3.96. The SMILES string of the molecule is Cc1ccc(F)c(C(C)NC2=CC(=O)C3(CCCC3)C(=O)N2)c1. The van der Waals surface area contributed by atoms with Gasteiger partial charge in [-0.25, -0.2) is 4.39 Å². The van der Waals surface area contributed by atoms with Crippen LogP contribution in [0.25, 0.3) is 0 Å². The minimum absolute atomic E-state index is 0.141. The zero-order valence-corrected chi connectivity index (χ0v) is 13.4. The third-order valence-electron chi connectivity index (χ3n) is 4.88. The van der Waals surface area contributed by atoms with Gasteiger partial charge in [0.15, 0.2) is 5.78 Å². The van der Waals surface area contributed by atoms with Gasteiger partial charge in [0, 0.05) is 11.6 Å². The Balaban J connectivity index is 1.79. The number of halogens is 1. The molecular formula is C18H21FN2O2.